The molecule has 106 valence electrons. The molecule has 4 nitrogen and oxygen atoms in total. The van der Waals surface area contributed by atoms with Crippen molar-refractivity contribution in [2.75, 3.05) is 20.1 Å². The van der Waals surface area contributed by atoms with E-state index >= 15 is 0 Å². The topological polar surface area (TPSA) is 44.4 Å². The quantitative estimate of drug-likeness (QED) is 0.753. The number of hydrogen-bond acceptors (Lipinski definition) is 3. The van der Waals surface area contributed by atoms with Crippen molar-refractivity contribution in [1.82, 2.24) is 15.5 Å². The van der Waals surface area contributed by atoms with Crippen LogP contribution in [0.2, 0.25) is 0 Å². The normalized spacial score (nSPS) is 23.1. The molecule has 1 amide bonds. The van der Waals surface area contributed by atoms with E-state index in [0.717, 1.165) is 13.0 Å². The molecule has 0 bridgehead atoms. The van der Waals surface area contributed by atoms with Crippen LogP contribution in [-0.2, 0) is 4.79 Å². The van der Waals surface area contributed by atoms with Crippen LogP contribution in [0.5, 0.6) is 0 Å². The van der Waals surface area contributed by atoms with E-state index in [2.05, 4.69) is 22.6 Å². The van der Waals surface area contributed by atoms with Crippen LogP contribution in [0, 0.1) is 0 Å². The lowest BCUT2D eigenvalue weighted by Gasteiger charge is -2.32. The summed E-state index contributed by atoms with van der Waals surface area (Å²) >= 11 is 0. The summed E-state index contributed by atoms with van der Waals surface area (Å²) in [6, 6.07) is 0.805. The molecule has 2 N–H and O–H groups in total. The standard InChI is InChI=1S/C14H29N3O/c1-11(2)16-14(18)12(3)15-9-8-13-7-5-6-10-17(13)4/h11-13,15H,5-10H2,1-4H3,(H,16,18). The lowest BCUT2D eigenvalue weighted by Crippen LogP contribution is -2.46. The number of carbonyl (C=O) groups is 1. The van der Waals surface area contributed by atoms with Crippen molar-refractivity contribution < 1.29 is 4.79 Å². The number of carbonyl (C=O) groups excluding carboxylic acids is 1. The van der Waals surface area contributed by atoms with E-state index in [1.807, 2.05) is 20.8 Å². The minimum atomic E-state index is -0.0960. The Bertz CT molecular complexity index is 255. The first-order chi connectivity index (χ1) is 8.50. The Hall–Kier alpha value is -0.610. The van der Waals surface area contributed by atoms with Crippen molar-refractivity contribution in [1.29, 1.82) is 0 Å². The molecular formula is C14H29N3O. The Morgan fingerprint density at radius 1 is 1.33 bits per heavy atom. The molecule has 2 unspecified atom stereocenters. The Labute approximate surface area is 111 Å². The average Bonchev–Trinajstić information content (AvgIpc) is 2.30. The fourth-order valence-electron chi connectivity index (χ4n) is 2.48. The molecule has 2 atom stereocenters. The van der Waals surface area contributed by atoms with Crippen molar-refractivity contribution in [3.63, 3.8) is 0 Å². The van der Waals surface area contributed by atoms with Crippen LogP contribution in [0.1, 0.15) is 46.5 Å². The van der Waals surface area contributed by atoms with Gasteiger partial charge < -0.3 is 15.5 Å². The summed E-state index contributed by atoms with van der Waals surface area (Å²) in [6.07, 6.45) is 5.10. The van der Waals surface area contributed by atoms with Gasteiger partial charge in [0.2, 0.25) is 5.91 Å². The summed E-state index contributed by atoms with van der Waals surface area (Å²) in [4.78, 5) is 14.2. The van der Waals surface area contributed by atoms with Gasteiger partial charge in [-0.3, -0.25) is 4.79 Å². The van der Waals surface area contributed by atoms with E-state index in [1.165, 1.54) is 25.8 Å². The van der Waals surface area contributed by atoms with Crippen LogP contribution in [0.4, 0.5) is 0 Å². The summed E-state index contributed by atoms with van der Waals surface area (Å²) < 4.78 is 0. The molecule has 0 aromatic rings. The highest BCUT2D eigenvalue weighted by Gasteiger charge is 2.19. The van der Waals surface area contributed by atoms with Crippen LogP contribution >= 0.6 is 0 Å². The van der Waals surface area contributed by atoms with Crippen molar-refractivity contribution in [3.8, 4) is 0 Å². The minimum Gasteiger partial charge on any atom is -0.353 e. The van der Waals surface area contributed by atoms with E-state index in [0.29, 0.717) is 6.04 Å². The van der Waals surface area contributed by atoms with Crippen LogP contribution in [0.3, 0.4) is 0 Å². The second-order valence-electron chi connectivity index (χ2n) is 5.76. The maximum absolute atomic E-state index is 11.7. The van der Waals surface area contributed by atoms with Gasteiger partial charge >= 0.3 is 0 Å². The third-order valence-electron chi connectivity index (χ3n) is 3.67. The zero-order valence-corrected chi connectivity index (χ0v) is 12.3. The maximum atomic E-state index is 11.7. The molecule has 0 aliphatic carbocycles. The van der Waals surface area contributed by atoms with Gasteiger partial charge in [0.25, 0.3) is 0 Å². The molecular weight excluding hydrogens is 226 g/mol. The van der Waals surface area contributed by atoms with Gasteiger partial charge in [-0.25, -0.2) is 0 Å². The molecule has 1 rings (SSSR count). The fourth-order valence-corrected chi connectivity index (χ4v) is 2.48. The lowest BCUT2D eigenvalue weighted by molar-refractivity contribution is -0.123. The van der Waals surface area contributed by atoms with Gasteiger partial charge in [0.1, 0.15) is 0 Å². The second-order valence-corrected chi connectivity index (χ2v) is 5.76. The van der Waals surface area contributed by atoms with Gasteiger partial charge in [-0.2, -0.15) is 0 Å². The largest absolute Gasteiger partial charge is 0.353 e. The zero-order valence-electron chi connectivity index (χ0n) is 12.3. The van der Waals surface area contributed by atoms with E-state index in [4.69, 9.17) is 0 Å². The highest BCUT2D eigenvalue weighted by Crippen LogP contribution is 2.17. The fraction of sp³-hybridized carbons (Fsp3) is 0.929. The number of amides is 1. The summed E-state index contributed by atoms with van der Waals surface area (Å²) in [7, 11) is 2.21. The highest BCUT2D eigenvalue weighted by molar-refractivity contribution is 5.81. The highest BCUT2D eigenvalue weighted by atomic mass is 16.2. The Balaban J connectivity index is 2.18. The summed E-state index contributed by atoms with van der Waals surface area (Å²) in [5.74, 6) is 0.0991. The smallest absolute Gasteiger partial charge is 0.237 e. The maximum Gasteiger partial charge on any atom is 0.237 e. The Morgan fingerprint density at radius 3 is 2.67 bits per heavy atom. The lowest BCUT2D eigenvalue weighted by atomic mass is 10.00. The molecule has 1 aliphatic heterocycles. The Kier molecular flexibility index (Phi) is 6.65. The number of likely N-dealkylation sites (tertiary alicyclic amines) is 1. The van der Waals surface area contributed by atoms with Gasteiger partial charge in [-0.15, -0.1) is 0 Å². The molecule has 0 saturated carbocycles. The van der Waals surface area contributed by atoms with E-state index < -0.39 is 0 Å². The van der Waals surface area contributed by atoms with E-state index in [1.54, 1.807) is 0 Å². The monoisotopic (exact) mass is 255 g/mol. The number of nitrogens with zero attached hydrogens (tertiary/aromatic N) is 1. The molecule has 1 saturated heterocycles. The summed E-state index contributed by atoms with van der Waals surface area (Å²) in [5, 5.41) is 6.24. The zero-order chi connectivity index (χ0) is 13.5. The average molecular weight is 255 g/mol. The van der Waals surface area contributed by atoms with Gasteiger partial charge in [0.05, 0.1) is 6.04 Å². The third-order valence-corrected chi connectivity index (χ3v) is 3.67. The third kappa shape index (κ3) is 5.36. The first kappa shape index (κ1) is 15.4. The second kappa shape index (κ2) is 7.74. The molecule has 1 heterocycles. The van der Waals surface area contributed by atoms with E-state index in [-0.39, 0.29) is 18.0 Å². The van der Waals surface area contributed by atoms with Gasteiger partial charge in [-0.05, 0) is 60.2 Å². The molecule has 18 heavy (non-hydrogen) atoms. The predicted molar refractivity (Wildman–Crippen MR) is 75.6 cm³/mol. The van der Waals surface area contributed by atoms with Crippen molar-refractivity contribution in [3.05, 3.63) is 0 Å². The molecule has 4 heteroatoms. The molecule has 0 aromatic heterocycles. The SMILES string of the molecule is CC(C)NC(=O)C(C)NCCC1CCCCN1C. The first-order valence-corrected chi connectivity index (χ1v) is 7.24. The summed E-state index contributed by atoms with van der Waals surface area (Å²) in [6.45, 7) is 8.04. The Morgan fingerprint density at radius 2 is 2.06 bits per heavy atom. The minimum absolute atomic E-state index is 0.0960. The van der Waals surface area contributed by atoms with Crippen molar-refractivity contribution in [2.24, 2.45) is 0 Å². The van der Waals surface area contributed by atoms with Gasteiger partial charge in [-0.1, -0.05) is 6.42 Å². The summed E-state index contributed by atoms with van der Waals surface area (Å²) in [5.41, 5.74) is 0. The predicted octanol–water partition coefficient (Wildman–Crippen LogP) is 1.36. The van der Waals surface area contributed by atoms with Gasteiger partial charge in [0.15, 0.2) is 0 Å². The van der Waals surface area contributed by atoms with Gasteiger partial charge in [0, 0.05) is 12.1 Å². The van der Waals surface area contributed by atoms with Crippen LogP contribution in [0.25, 0.3) is 0 Å². The molecule has 0 aromatic carbocycles. The number of hydrogen-bond donors (Lipinski definition) is 2. The van der Waals surface area contributed by atoms with Crippen molar-refractivity contribution >= 4 is 5.91 Å². The number of rotatable bonds is 6. The molecule has 0 radical (unpaired) electrons. The van der Waals surface area contributed by atoms with Crippen LogP contribution in [-0.4, -0.2) is 49.1 Å². The first-order valence-electron chi connectivity index (χ1n) is 7.24. The number of nitrogens with one attached hydrogen (secondary N) is 2. The van der Waals surface area contributed by atoms with Crippen LogP contribution in [0.15, 0.2) is 0 Å². The molecule has 0 spiro atoms. The molecule has 1 aliphatic rings. The van der Waals surface area contributed by atoms with E-state index in [9.17, 15) is 4.79 Å². The van der Waals surface area contributed by atoms with Crippen LogP contribution < -0.4 is 10.6 Å². The molecule has 1 fully saturated rings. The van der Waals surface area contributed by atoms with Crippen molar-refractivity contribution in [2.45, 2.75) is 64.6 Å². The number of piperidine rings is 1.